The highest BCUT2D eigenvalue weighted by Gasteiger charge is 2.25. The monoisotopic (exact) mass is 896 g/mol. The van der Waals surface area contributed by atoms with E-state index in [9.17, 15) is 0 Å². The van der Waals surface area contributed by atoms with Crippen molar-refractivity contribution in [3.05, 3.63) is 302 Å². The van der Waals surface area contributed by atoms with Gasteiger partial charge in [0, 0.05) is 0 Å². The van der Waals surface area contributed by atoms with E-state index in [1.165, 1.54) is 99.0 Å². The van der Waals surface area contributed by atoms with Crippen LogP contribution in [0.3, 0.4) is 0 Å². The molecular formula is C70H56+2. The van der Waals surface area contributed by atoms with Crippen molar-refractivity contribution in [2.24, 2.45) is 11.8 Å². The third kappa shape index (κ3) is 10.1. The van der Waals surface area contributed by atoms with Crippen LogP contribution in [0.1, 0.15) is 14.0 Å². The van der Waals surface area contributed by atoms with Gasteiger partial charge in [-0.3, -0.25) is 0 Å². The molecule has 0 saturated heterocycles. The van der Waals surface area contributed by atoms with Crippen LogP contribution in [0.2, 0.25) is 0 Å². The first kappa shape index (κ1) is 44.0. The first-order valence-corrected chi connectivity index (χ1v) is 24.6. The summed E-state index contributed by atoms with van der Waals surface area (Å²) in [5, 5.41) is 21.0. The Kier molecular flexibility index (Phi) is 13.0. The lowest BCUT2D eigenvalue weighted by Gasteiger charge is -2.30. The topological polar surface area (TPSA) is 0 Å². The Balaban J connectivity index is 0.000000110. The quantitative estimate of drug-likeness (QED) is 0.133. The highest BCUT2D eigenvalue weighted by Crippen LogP contribution is 2.34. The standard InChI is InChI=1S/C14H14.4C14H10/c5*1-2-6-12-10-14-8-4-3-7-13(14)9-11(12)5-1/h1-8,11-12H,9-10H2;4*1-10H/p+2. The van der Waals surface area contributed by atoms with Gasteiger partial charge >= 0.3 is 2.85 Å². The molecule has 0 heteroatoms. The van der Waals surface area contributed by atoms with Crippen LogP contribution in [-0.2, 0) is 12.8 Å². The summed E-state index contributed by atoms with van der Waals surface area (Å²) in [5.74, 6) is 1.49. The first-order valence-electron chi connectivity index (χ1n) is 24.6. The smallest absolute Gasteiger partial charge is 0.0805 e. The normalized spacial score (nSPS) is 14.3. The zero-order valence-electron chi connectivity index (χ0n) is 41.3. The van der Waals surface area contributed by atoms with Crippen LogP contribution in [0.15, 0.2) is 291 Å². The molecule has 2 aliphatic carbocycles. The molecule has 2 unspecified atom stereocenters. The maximum absolute atomic E-state index is 2.36. The maximum atomic E-state index is 2.36. The molecular weight excluding hydrogens is 841 g/mol. The van der Waals surface area contributed by atoms with E-state index < -0.39 is 0 Å². The number of benzene rings is 13. The third-order valence-corrected chi connectivity index (χ3v) is 13.9. The van der Waals surface area contributed by atoms with Gasteiger partial charge in [0.05, 0.1) is 0 Å². The number of fused-ring (bicyclic) bond motifs is 10. The Hall–Kier alpha value is -8.58. The molecule has 2 aliphatic rings. The lowest BCUT2D eigenvalue weighted by Crippen LogP contribution is -2.23. The van der Waals surface area contributed by atoms with Gasteiger partial charge in [-0.05, 0) is 171 Å². The fourth-order valence-electron chi connectivity index (χ4n) is 10.1. The second kappa shape index (κ2) is 20.7. The van der Waals surface area contributed by atoms with E-state index >= 15 is 0 Å². The Morgan fingerprint density at radius 3 is 0.500 bits per heavy atom. The van der Waals surface area contributed by atoms with E-state index in [-0.39, 0.29) is 2.85 Å². The fourth-order valence-corrected chi connectivity index (χ4v) is 10.1. The molecule has 0 saturated carbocycles. The molecule has 0 heterocycles. The molecule has 0 spiro atoms. The molecule has 0 aliphatic heterocycles. The van der Waals surface area contributed by atoms with Crippen molar-refractivity contribution in [2.45, 2.75) is 12.8 Å². The predicted molar refractivity (Wildman–Crippen MR) is 307 cm³/mol. The average molecular weight is 897 g/mol. The van der Waals surface area contributed by atoms with E-state index in [1.54, 1.807) is 11.1 Å². The molecule has 0 bridgehead atoms. The van der Waals surface area contributed by atoms with Crippen molar-refractivity contribution in [1.29, 1.82) is 0 Å². The minimum absolute atomic E-state index is 0. The molecule has 0 nitrogen and oxygen atoms in total. The van der Waals surface area contributed by atoms with Crippen LogP contribution in [0.5, 0.6) is 0 Å². The van der Waals surface area contributed by atoms with E-state index in [2.05, 4.69) is 291 Å². The summed E-state index contributed by atoms with van der Waals surface area (Å²) in [4.78, 5) is 0. The van der Waals surface area contributed by atoms with Crippen molar-refractivity contribution in [3.63, 3.8) is 0 Å². The number of hydrogen-bond acceptors (Lipinski definition) is 0. The molecule has 0 N–H and O–H groups in total. The Morgan fingerprint density at radius 1 is 0.200 bits per heavy atom. The summed E-state index contributed by atoms with van der Waals surface area (Å²) in [5.41, 5.74) is 3.10. The van der Waals surface area contributed by atoms with Crippen LogP contribution >= 0.6 is 0 Å². The summed E-state index contributed by atoms with van der Waals surface area (Å²) >= 11 is 0. The van der Waals surface area contributed by atoms with Gasteiger partial charge in [0.25, 0.3) is 0 Å². The van der Waals surface area contributed by atoms with E-state index in [4.69, 9.17) is 0 Å². The van der Waals surface area contributed by atoms with Crippen molar-refractivity contribution in [3.8, 4) is 0 Å². The van der Waals surface area contributed by atoms with Gasteiger partial charge in [-0.15, -0.1) is 0 Å². The highest BCUT2D eigenvalue weighted by molar-refractivity contribution is 6.01. The molecule has 334 valence electrons. The van der Waals surface area contributed by atoms with Gasteiger partial charge in [-0.25, -0.2) is 0 Å². The SMILES string of the molecule is C1=CC2Cc3ccccc3CC2C=C1.[H+].[H+].c1ccc2cc3ccccc3cc2c1.c1ccc2cc3ccccc3cc2c1.c1ccc2cc3ccccc3cc2c1.c1ccc2cc3ccccc3cc2c1. The van der Waals surface area contributed by atoms with Gasteiger partial charge < -0.3 is 0 Å². The fraction of sp³-hybridized carbons (Fsp3) is 0.0571. The largest absolute Gasteiger partial charge is 1.00 e. The van der Waals surface area contributed by atoms with Crippen molar-refractivity contribution in [2.75, 3.05) is 0 Å². The molecule has 2 atom stereocenters. The van der Waals surface area contributed by atoms with E-state index in [0.29, 0.717) is 0 Å². The van der Waals surface area contributed by atoms with E-state index in [1.807, 2.05) is 0 Å². The van der Waals surface area contributed by atoms with Crippen molar-refractivity contribution < 1.29 is 2.85 Å². The molecule has 0 radical (unpaired) electrons. The summed E-state index contributed by atoms with van der Waals surface area (Å²) in [6.45, 7) is 0. The lowest BCUT2D eigenvalue weighted by molar-refractivity contribution is 0.437. The minimum Gasteiger partial charge on any atom is -0.0805 e. The van der Waals surface area contributed by atoms with Crippen LogP contribution in [0.25, 0.3) is 86.2 Å². The zero-order chi connectivity index (χ0) is 46.9. The van der Waals surface area contributed by atoms with Crippen LogP contribution in [-0.4, -0.2) is 0 Å². The summed E-state index contributed by atoms with van der Waals surface area (Å²) in [6.07, 6.45) is 11.6. The average Bonchev–Trinajstić information content (AvgIpc) is 3.43. The second-order valence-electron chi connectivity index (χ2n) is 18.5. The lowest BCUT2D eigenvalue weighted by atomic mass is 9.74. The van der Waals surface area contributed by atoms with Crippen molar-refractivity contribution in [1.82, 2.24) is 0 Å². The number of rotatable bonds is 0. The van der Waals surface area contributed by atoms with Gasteiger partial charge in [0.1, 0.15) is 0 Å². The minimum atomic E-state index is 0. The Labute approximate surface area is 414 Å². The maximum Gasteiger partial charge on any atom is 1.00 e. The molecule has 0 aromatic heterocycles. The van der Waals surface area contributed by atoms with Gasteiger partial charge in [0.2, 0.25) is 0 Å². The van der Waals surface area contributed by atoms with Crippen LogP contribution in [0.4, 0.5) is 0 Å². The van der Waals surface area contributed by atoms with Gasteiger partial charge in [0.15, 0.2) is 0 Å². The Morgan fingerprint density at radius 2 is 0.343 bits per heavy atom. The molecule has 0 amide bonds. The second-order valence-corrected chi connectivity index (χ2v) is 18.5. The molecule has 15 rings (SSSR count). The van der Waals surface area contributed by atoms with E-state index in [0.717, 1.165) is 11.8 Å². The number of hydrogen-bond donors (Lipinski definition) is 0. The molecule has 13 aromatic rings. The van der Waals surface area contributed by atoms with Crippen LogP contribution in [0, 0.1) is 11.8 Å². The third-order valence-electron chi connectivity index (χ3n) is 13.9. The van der Waals surface area contributed by atoms with Gasteiger partial charge in [-0.1, -0.05) is 243 Å². The Bertz CT molecular complexity index is 3090. The van der Waals surface area contributed by atoms with Crippen LogP contribution < -0.4 is 0 Å². The predicted octanol–water partition coefficient (Wildman–Crippen LogP) is 19.3. The molecule has 13 aromatic carbocycles. The summed E-state index contributed by atoms with van der Waals surface area (Å²) in [6, 6.07) is 94.5. The number of allylic oxidation sites excluding steroid dienone is 4. The van der Waals surface area contributed by atoms with Crippen molar-refractivity contribution >= 4 is 86.2 Å². The zero-order valence-corrected chi connectivity index (χ0v) is 39.3. The summed E-state index contributed by atoms with van der Waals surface area (Å²) < 4.78 is 0. The first-order chi connectivity index (χ1) is 34.7. The highest BCUT2D eigenvalue weighted by atomic mass is 14.3. The van der Waals surface area contributed by atoms with Gasteiger partial charge in [-0.2, -0.15) is 0 Å². The summed E-state index contributed by atoms with van der Waals surface area (Å²) in [7, 11) is 0. The molecule has 0 fully saturated rings. The molecule has 70 heavy (non-hydrogen) atoms.